The molecule has 1 fully saturated rings. The summed E-state index contributed by atoms with van der Waals surface area (Å²) in [7, 11) is 0. The Kier molecular flexibility index (Phi) is 3.33. The summed E-state index contributed by atoms with van der Waals surface area (Å²) >= 11 is 0. The first-order valence-corrected chi connectivity index (χ1v) is 7.66. The molecule has 1 saturated heterocycles. The molecule has 0 unspecified atom stereocenters. The second-order valence-electron chi connectivity index (χ2n) is 5.78. The van der Waals surface area contributed by atoms with Crippen LogP contribution in [0.2, 0.25) is 0 Å². The standard InChI is InChI=1S/C16H16N4O3/c1-10-14(19-23-18-10)16(21)20-8-6-11(7-9-20)15-17-12-4-2-3-5-13(12)22-15/h2-5,11H,6-9H2,1H3. The molecule has 23 heavy (non-hydrogen) atoms. The fourth-order valence-corrected chi connectivity index (χ4v) is 2.97. The molecule has 0 saturated carbocycles. The highest BCUT2D eigenvalue weighted by atomic mass is 16.6. The largest absolute Gasteiger partial charge is 0.440 e. The molecule has 1 aliphatic rings. The van der Waals surface area contributed by atoms with Crippen molar-refractivity contribution in [3.8, 4) is 0 Å². The first-order valence-electron chi connectivity index (χ1n) is 7.66. The number of oxazole rings is 1. The quantitative estimate of drug-likeness (QED) is 0.723. The molecule has 7 nitrogen and oxygen atoms in total. The fraction of sp³-hybridized carbons (Fsp3) is 0.375. The van der Waals surface area contributed by atoms with E-state index in [2.05, 4.69) is 19.9 Å². The van der Waals surface area contributed by atoms with Gasteiger partial charge in [0, 0.05) is 19.0 Å². The maximum absolute atomic E-state index is 12.4. The van der Waals surface area contributed by atoms with Crippen molar-refractivity contribution in [3.63, 3.8) is 0 Å². The van der Waals surface area contributed by atoms with Crippen LogP contribution in [0, 0.1) is 6.92 Å². The Balaban J connectivity index is 1.46. The van der Waals surface area contributed by atoms with Gasteiger partial charge in [-0.25, -0.2) is 9.61 Å². The molecule has 4 rings (SSSR count). The van der Waals surface area contributed by atoms with Crippen LogP contribution in [0.3, 0.4) is 0 Å². The lowest BCUT2D eigenvalue weighted by molar-refractivity contribution is 0.0695. The molecule has 0 atom stereocenters. The number of fused-ring (bicyclic) bond motifs is 1. The van der Waals surface area contributed by atoms with E-state index in [9.17, 15) is 4.79 Å². The van der Waals surface area contributed by atoms with Gasteiger partial charge in [-0.15, -0.1) is 0 Å². The lowest BCUT2D eigenvalue weighted by atomic mass is 9.96. The van der Waals surface area contributed by atoms with Crippen molar-refractivity contribution in [2.75, 3.05) is 13.1 Å². The van der Waals surface area contributed by atoms with Gasteiger partial charge in [0.15, 0.2) is 17.2 Å². The Bertz CT molecular complexity index is 813. The first kappa shape index (κ1) is 13.9. The predicted molar refractivity (Wildman–Crippen MR) is 80.9 cm³/mol. The molecule has 118 valence electrons. The van der Waals surface area contributed by atoms with E-state index in [4.69, 9.17) is 4.42 Å². The number of aryl methyl sites for hydroxylation is 1. The van der Waals surface area contributed by atoms with Crippen molar-refractivity contribution in [1.29, 1.82) is 0 Å². The van der Waals surface area contributed by atoms with Crippen molar-refractivity contribution < 1.29 is 13.8 Å². The minimum absolute atomic E-state index is 0.125. The average molecular weight is 312 g/mol. The molecule has 2 aromatic heterocycles. The van der Waals surface area contributed by atoms with E-state index in [1.54, 1.807) is 11.8 Å². The predicted octanol–water partition coefficient (Wildman–Crippen LogP) is 2.54. The molecule has 0 spiro atoms. The number of hydrogen-bond donors (Lipinski definition) is 0. The van der Waals surface area contributed by atoms with Crippen molar-refractivity contribution in [1.82, 2.24) is 20.2 Å². The number of carbonyl (C=O) groups excluding carboxylic acids is 1. The highest BCUT2D eigenvalue weighted by molar-refractivity contribution is 5.93. The normalized spacial score (nSPS) is 16.1. The third-order valence-corrected chi connectivity index (χ3v) is 4.30. The number of hydrogen-bond acceptors (Lipinski definition) is 6. The van der Waals surface area contributed by atoms with E-state index in [1.165, 1.54) is 0 Å². The zero-order valence-corrected chi connectivity index (χ0v) is 12.7. The number of nitrogens with zero attached hydrogens (tertiary/aromatic N) is 4. The summed E-state index contributed by atoms with van der Waals surface area (Å²) in [4.78, 5) is 18.7. The molecule has 7 heteroatoms. The monoisotopic (exact) mass is 312 g/mol. The van der Waals surface area contributed by atoms with Gasteiger partial charge in [0.1, 0.15) is 11.2 Å². The number of piperidine rings is 1. The SMILES string of the molecule is Cc1nonc1C(=O)N1CCC(c2nc3ccccc3o2)CC1. The minimum Gasteiger partial charge on any atom is -0.440 e. The van der Waals surface area contributed by atoms with Crippen LogP contribution >= 0.6 is 0 Å². The van der Waals surface area contributed by atoms with Gasteiger partial charge in [-0.3, -0.25) is 4.79 Å². The molecule has 0 N–H and O–H groups in total. The Hall–Kier alpha value is -2.70. The van der Waals surface area contributed by atoms with Crippen LogP contribution < -0.4 is 0 Å². The number of likely N-dealkylation sites (tertiary alicyclic amines) is 1. The summed E-state index contributed by atoms with van der Waals surface area (Å²) in [6.45, 7) is 3.01. The maximum Gasteiger partial charge on any atom is 0.278 e. The molecule has 0 bridgehead atoms. The van der Waals surface area contributed by atoms with E-state index < -0.39 is 0 Å². The van der Waals surface area contributed by atoms with E-state index >= 15 is 0 Å². The summed E-state index contributed by atoms with van der Waals surface area (Å²) in [5.41, 5.74) is 2.51. The molecule has 1 aliphatic heterocycles. The highest BCUT2D eigenvalue weighted by Gasteiger charge is 2.29. The lowest BCUT2D eigenvalue weighted by Crippen LogP contribution is -2.38. The smallest absolute Gasteiger partial charge is 0.278 e. The number of benzene rings is 1. The summed E-state index contributed by atoms with van der Waals surface area (Å²) in [6.07, 6.45) is 1.64. The van der Waals surface area contributed by atoms with Crippen LogP contribution in [-0.2, 0) is 0 Å². The Morgan fingerprint density at radius 2 is 2.00 bits per heavy atom. The zero-order chi connectivity index (χ0) is 15.8. The van der Waals surface area contributed by atoms with Gasteiger partial charge in [-0.1, -0.05) is 17.3 Å². The van der Waals surface area contributed by atoms with E-state index in [1.807, 2.05) is 24.3 Å². The molecular formula is C16H16N4O3. The Morgan fingerprint density at radius 3 is 2.70 bits per heavy atom. The maximum atomic E-state index is 12.4. The second kappa shape index (κ2) is 5.49. The van der Waals surface area contributed by atoms with E-state index in [0.29, 0.717) is 24.5 Å². The third kappa shape index (κ3) is 2.48. The molecule has 3 heterocycles. The molecular weight excluding hydrogens is 296 g/mol. The van der Waals surface area contributed by atoms with Crippen LogP contribution in [0.5, 0.6) is 0 Å². The van der Waals surface area contributed by atoms with Gasteiger partial charge in [0.2, 0.25) is 0 Å². The zero-order valence-electron chi connectivity index (χ0n) is 12.7. The van der Waals surface area contributed by atoms with Gasteiger partial charge in [0.05, 0.1) is 0 Å². The van der Waals surface area contributed by atoms with E-state index in [-0.39, 0.29) is 11.8 Å². The summed E-state index contributed by atoms with van der Waals surface area (Å²) in [5.74, 6) is 0.875. The number of rotatable bonds is 2. The summed E-state index contributed by atoms with van der Waals surface area (Å²) in [6, 6.07) is 7.75. The van der Waals surface area contributed by atoms with Gasteiger partial charge >= 0.3 is 0 Å². The first-order chi connectivity index (χ1) is 11.2. The number of para-hydroxylation sites is 2. The number of aromatic nitrogens is 3. The second-order valence-corrected chi connectivity index (χ2v) is 5.78. The minimum atomic E-state index is -0.125. The van der Waals surface area contributed by atoms with Gasteiger partial charge in [-0.05, 0) is 37.1 Å². The summed E-state index contributed by atoms with van der Waals surface area (Å²) < 4.78 is 10.5. The molecule has 3 aromatic rings. The molecule has 0 radical (unpaired) electrons. The van der Waals surface area contributed by atoms with Crippen molar-refractivity contribution in [3.05, 3.63) is 41.5 Å². The van der Waals surface area contributed by atoms with Gasteiger partial charge < -0.3 is 9.32 Å². The van der Waals surface area contributed by atoms with Crippen molar-refractivity contribution in [2.24, 2.45) is 0 Å². The Labute approximate surface area is 132 Å². The van der Waals surface area contributed by atoms with Crippen LogP contribution in [0.15, 0.2) is 33.3 Å². The van der Waals surface area contributed by atoms with Crippen molar-refractivity contribution in [2.45, 2.75) is 25.7 Å². The third-order valence-electron chi connectivity index (χ3n) is 4.30. The lowest BCUT2D eigenvalue weighted by Gasteiger charge is -2.30. The molecule has 1 aromatic carbocycles. The van der Waals surface area contributed by atoms with Crippen LogP contribution in [0.25, 0.3) is 11.1 Å². The highest BCUT2D eigenvalue weighted by Crippen LogP contribution is 2.30. The number of amides is 1. The topological polar surface area (TPSA) is 85.3 Å². The fourth-order valence-electron chi connectivity index (χ4n) is 2.97. The molecule has 0 aliphatic carbocycles. The van der Waals surface area contributed by atoms with Crippen LogP contribution in [-0.4, -0.2) is 39.2 Å². The van der Waals surface area contributed by atoms with Gasteiger partial charge in [0.25, 0.3) is 5.91 Å². The van der Waals surface area contributed by atoms with E-state index in [0.717, 1.165) is 29.8 Å². The van der Waals surface area contributed by atoms with Crippen LogP contribution in [0.4, 0.5) is 0 Å². The van der Waals surface area contributed by atoms with Gasteiger partial charge in [-0.2, -0.15) is 0 Å². The van der Waals surface area contributed by atoms with Crippen molar-refractivity contribution >= 4 is 17.0 Å². The molecule has 1 amide bonds. The average Bonchev–Trinajstić information content (AvgIpc) is 3.20. The Morgan fingerprint density at radius 1 is 1.22 bits per heavy atom. The van der Waals surface area contributed by atoms with Crippen LogP contribution in [0.1, 0.15) is 40.8 Å². The summed E-state index contributed by atoms with van der Waals surface area (Å²) in [5, 5.41) is 7.35. The number of carbonyl (C=O) groups is 1.